The van der Waals surface area contributed by atoms with Gasteiger partial charge in [-0.1, -0.05) is 54.0 Å². The van der Waals surface area contributed by atoms with Gasteiger partial charge in [-0.2, -0.15) is 0 Å². The number of aromatic carboxylic acids is 1. The van der Waals surface area contributed by atoms with Gasteiger partial charge in [0, 0.05) is 0 Å². The molecule has 4 heteroatoms. The Labute approximate surface area is 145 Å². The first-order valence-corrected chi connectivity index (χ1v) is 8.66. The monoisotopic (exact) mass is 334 g/mol. The van der Waals surface area contributed by atoms with Crippen LogP contribution in [0.4, 0.5) is 0 Å². The number of unbranched alkanes of at least 4 members (excludes halogenated alkanes) is 1. The van der Waals surface area contributed by atoms with Gasteiger partial charge in [-0.3, -0.25) is 0 Å². The van der Waals surface area contributed by atoms with Gasteiger partial charge < -0.3 is 9.84 Å². The Morgan fingerprint density at radius 3 is 2.29 bits per heavy atom. The molecule has 0 spiro atoms. The van der Waals surface area contributed by atoms with Crippen LogP contribution in [0, 0.1) is 5.92 Å². The van der Waals surface area contributed by atoms with E-state index in [0.717, 1.165) is 24.0 Å². The molecule has 0 fully saturated rings. The minimum absolute atomic E-state index is 0.0950. The van der Waals surface area contributed by atoms with Gasteiger partial charge in [-0.05, 0) is 41.4 Å². The van der Waals surface area contributed by atoms with E-state index < -0.39 is 11.9 Å². The molecule has 0 bridgehead atoms. The van der Waals surface area contributed by atoms with Crippen LogP contribution < -0.4 is 0 Å². The Balaban J connectivity index is 3.46. The largest absolute Gasteiger partial charge is 0.478 e. The SMILES string of the molecule is CCCCOC(=O)c1ccc(C(C)(C)C)c(CC(C)C)c1C(=O)O. The molecule has 0 radical (unpaired) electrons. The van der Waals surface area contributed by atoms with Crippen molar-refractivity contribution in [1.29, 1.82) is 0 Å². The van der Waals surface area contributed by atoms with Crippen molar-refractivity contribution in [2.75, 3.05) is 6.61 Å². The van der Waals surface area contributed by atoms with Gasteiger partial charge in [-0.15, -0.1) is 0 Å². The summed E-state index contributed by atoms with van der Waals surface area (Å²) in [5.41, 5.74) is 1.77. The number of carbonyl (C=O) groups is 2. The highest BCUT2D eigenvalue weighted by molar-refractivity contribution is 6.03. The fourth-order valence-electron chi connectivity index (χ4n) is 2.77. The highest BCUT2D eigenvalue weighted by Gasteiger charge is 2.28. The summed E-state index contributed by atoms with van der Waals surface area (Å²) in [4.78, 5) is 24.3. The standard InChI is InChI=1S/C20H30O4/c1-7-8-11-24-19(23)14-9-10-16(20(4,5)6)15(12-13(2)3)17(14)18(21)22/h9-10,13H,7-8,11-12H2,1-6H3,(H,21,22). The van der Waals surface area contributed by atoms with E-state index in [2.05, 4.69) is 20.8 Å². The molecule has 0 aliphatic carbocycles. The lowest BCUT2D eigenvalue weighted by Gasteiger charge is -2.26. The van der Waals surface area contributed by atoms with E-state index in [4.69, 9.17) is 4.74 Å². The van der Waals surface area contributed by atoms with E-state index in [9.17, 15) is 14.7 Å². The number of carbonyl (C=O) groups excluding carboxylic acids is 1. The first-order valence-electron chi connectivity index (χ1n) is 8.66. The van der Waals surface area contributed by atoms with E-state index in [1.807, 2.05) is 26.8 Å². The molecular formula is C20H30O4. The molecule has 0 aliphatic heterocycles. The fraction of sp³-hybridized carbons (Fsp3) is 0.600. The van der Waals surface area contributed by atoms with Crippen molar-refractivity contribution in [2.45, 2.75) is 66.2 Å². The number of benzene rings is 1. The van der Waals surface area contributed by atoms with Crippen molar-refractivity contribution in [3.63, 3.8) is 0 Å². The van der Waals surface area contributed by atoms with E-state index in [0.29, 0.717) is 13.0 Å². The van der Waals surface area contributed by atoms with Crippen molar-refractivity contribution in [3.8, 4) is 0 Å². The van der Waals surface area contributed by atoms with Crippen molar-refractivity contribution in [2.24, 2.45) is 5.92 Å². The maximum atomic E-state index is 12.4. The summed E-state index contributed by atoms with van der Waals surface area (Å²) < 4.78 is 5.24. The zero-order valence-electron chi connectivity index (χ0n) is 15.7. The molecule has 1 N–H and O–H groups in total. The Kier molecular flexibility index (Phi) is 7.00. The zero-order valence-corrected chi connectivity index (χ0v) is 15.7. The first-order chi connectivity index (χ1) is 11.1. The Morgan fingerprint density at radius 2 is 1.83 bits per heavy atom. The highest BCUT2D eigenvalue weighted by atomic mass is 16.5. The molecule has 1 aromatic carbocycles. The predicted molar refractivity (Wildman–Crippen MR) is 95.8 cm³/mol. The second kappa shape index (κ2) is 8.32. The summed E-state index contributed by atoms with van der Waals surface area (Å²) in [6.07, 6.45) is 2.30. The van der Waals surface area contributed by atoms with Crippen molar-refractivity contribution in [1.82, 2.24) is 0 Å². The summed E-state index contributed by atoms with van der Waals surface area (Å²) in [6.45, 7) is 12.6. The Morgan fingerprint density at radius 1 is 1.21 bits per heavy atom. The number of ether oxygens (including phenoxy) is 1. The highest BCUT2D eigenvalue weighted by Crippen LogP contribution is 2.32. The van der Waals surface area contributed by atoms with E-state index >= 15 is 0 Å². The lowest BCUT2D eigenvalue weighted by atomic mass is 9.78. The number of esters is 1. The van der Waals surface area contributed by atoms with Crippen LogP contribution in [0.5, 0.6) is 0 Å². The third-order valence-electron chi connectivity index (χ3n) is 3.90. The van der Waals surface area contributed by atoms with Crippen LogP contribution >= 0.6 is 0 Å². The lowest BCUT2D eigenvalue weighted by molar-refractivity contribution is 0.0489. The number of carboxylic acid groups (broad SMARTS) is 1. The molecule has 0 heterocycles. The van der Waals surface area contributed by atoms with E-state index in [1.54, 1.807) is 6.07 Å². The molecule has 0 aromatic heterocycles. The minimum atomic E-state index is -1.07. The third-order valence-corrected chi connectivity index (χ3v) is 3.90. The van der Waals surface area contributed by atoms with Gasteiger partial charge in [0.2, 0.25) is 0 Å². The third kappa shape index (κ3) is 5.08. The van der Waals surface area contributed by atoms with E-state index in [1.165, 1.54) is 0 Å². The topological polar surface area (TPSA) is 63.6 Å². The Hall–Kier alpha value is -1.84. The Bertz CT molecular complexity index is 594. The van der Waals surface area contributed by atoms with E-state index in [-0.39, 0.29) is 22.5 Å². The average Bonchev–Trinajstić information content (AvgIpc) is 2.44. The summed E-state index contributed by atoms with van der Waals surface area (Å²) >= 11 is 0. The van der Waals surface area contributed by atoms with Gasteiger partial charge in [0.25, 0.3) is 0 Å². The molecule has 1 aromatic rings. The van der Waals surface area contributed by atoms with Crippen molar-refractivity contribution >= 4 is 11.9 Å². The van der Waals surface area contributed by atoms with Crippen LogP contribution in [-0.2, 0) is 16.6 Å². The summed E-state index contributed by atoms with van der Waals surface area (Å²) in [6, 6.07) is 3.47. The second-order valence-electron chi connectivity index (χ2n) is 7.66. The molecule has 0 saturated carbocycles. The van der Waals surface area contributed by atoms with Gasteiger partial charge in [0.1, 0.15) is 0 Å². The normalized spacial score (nSPS) is 11.6. The maximum absolute atomic E-state index is 12.4. The van der Waals surface area contributed by atoms with Crippen LogP contribution in [0.25, 0.3) is 0 Å². The van der Waals surface area contributed by atoms with Gasteiger partial charge >= 0.3 is 11.9 Å². The average molecular weight is 334 g/mol. The molecule has 4 nitrogen and oxygen atoms in total. The molecular weight excluding hydrogens is 304 g/mol. The van der Waals surface area contributed by atoms with Crippen LogP contribution in [-0.4, -0.2) is 23.7 Å². The molecule has 1 rings (SSSR count). The van der Waals surface area contributed by atoms with Crippen LogP contribution in [0.15, 0.2) is 12.1 Å². The van der Waals surface area contributed by atoms with Crippen LogP contribution in [0.1, 0.15) is 86.2 Å². The maximum Gasteiger partial charge on any atom is 0.339 e. The number of carboxylic acids is 1. The summed E-state index contributed by atoms with van der Waals surface area (Å²) in [7, 11) is 0. The smallest absolute Gasteiger partial charge is 0.339 e. The quantitative estimate of drug-likeness (QED) is 0.572. The zero-order chi connectivity index (χ0) is 18.5. The van der Waals surface area contributed by atoms with Gasteiger partial charge in [0.05, 0.1) is 17.7 Å². The predicted octanol–water partition coefficient (Wildman–Crippen LogP) is 4.84. The molecule has 0 unspecified atom stereocenters. The fourth-order valence-corrected chi connectivity index (χ4v) is 2.77. The molecule has 134 valence electrons. The molecule has 0 aliphatic rings. The van der Waals surface area contributed by atoms with Crippen LogP contribution in [0.3, 0.4) is 0 Å². The summed E-state index contributed by atoms with van der Waals surface area (Å²) in [5.74, 6) is -1.33. The second-order valence-corrected chi connectivity index (χ2v) is 7.66. The molecule has 0 atom stereocenters. The lowest BCUT2D eigenvalue weighted by Crippen LogP contribution is -2.22. The minimum Gasteiger partial charge on any atom is -0.478 e. The van der Waals surface area contributed by atoms with Gasteiger partial charge in [-0.25, -0.2) is 9.59 Å². The number of hydrogen-bond donors (Lipinski definition) is 1. The molecule has 24 heavy (non-hydrogen) atoms. The van der Waals surface area contributed by atoms with Crippen molar-refractivity contribution in [3.05, 3.63) is 34.4 Å². The number of hydrogen-bond acceptors (Lipinski definition) is 3. The summed E-state index contributed by atoms with van der Waals surface area (Å²) in [5, 5.41) is 9.76. The molecule has 0 amide bonds. The van der Waals surface area contributed by atoms with Crippen LogP contribution in [0.2, 0.25) is 0 Å². The first kappa shape index (κ1) is 20.2. The number of rotatable bonds is 7. The van der Waals surface area contributed by atoms with Gasteiger partial charge in [0.15, 0.2) is 0 Å². The van der Waals surface area contributed by atoms with Crippen molar-refractivity contribution < 1.29 is 19.4 Å². The molecule has 0 saturated heterocycles.